The molecule has 0 aliphatic carbocycles. The molecule has 2 amide bonds. The van der Waals surface area contributed by atoms with Gasteiger partial charge in [0.15, 0.2) is 11.6 Å². The minimum absolute atomic E-state index is 0.201. The Morgan fingerprint density at radius 2 is 1.86 bits per heavy atom. The maximum atomic E-state index is 14.0. The zero-order valence-electron chi connectivity index (χ0n) is 20.6. The second kappa shape index (κ2) is 11.0. The zero-order valence-corrected chi connectivity index (χ0v) is 20.6. The summed E-state index contributed by atoms with van der Waals surface area (Å²) in [6.07, 6.45) is 0. The number of hydrogen-bond donors (Lipinski definition) is 2. The number of likely N-dealkylation sites (tertiary alicyclic amines) is 1. The number of urea groups is 1. The van der Waals surface area contributed by atoms with Crippen LogP contribution in [-0.4, -0.2) is 59.7 Å². The van der Waals surface area contributed by atoms with Crippen LogP contribution in [0.4, 0.5) is 19.4 Å². The molecule has 0 unspecified atom stereocenters. The van der Waals surface area contributed by atoms with E-state index in [4.69, 9.17) is 4.74 Å². The van der Waals surface area contributed by atoms with Gasteiger partial charge in [0, 0.05) is 46.3 Å². The summed E-state index contributed by atoms with van der Waals surface area (Å²) < 4.78 is 35.9. The molecule has 1 aromatic heterocycles. The highest BCUT2D eigenvalue weighted by Crippen LogP contribution is 2.29. The number of aromatic nitrogens is 2. The van der Waals surface area contributed by atoms with E-state index in [-0.39, 0.29) is 17.5 Å². The summed E-state index contributed by atoms with van der Waals surface area (Å²) in [5, 5.41) is 5.86. The summed E-state index contributed by atoms with van der Waals surface area (Å²) in [4.78, 5) is 28.4. The Labute approximate surface area is 208 Å². The molecule has 0 bridgehead atoms. The van der Waals surface area contributed by atoms with Gasteiger partial charge >= 0.3 is 6.03 Å². The lowest BCUT2D eigenvalue weighted by Gasteiger charge is -2.21. The number of methoxy groups -OCH3 is 1. The minimum atomic E-state index is -0.922. The SMILES string of the molecule is CCn1c(=O)c(-c2ccccc2)c(NC(=O)N[C@@H]2CN(CCOC)C[C@H]2c2ccc(F)c(F)c2)n1C. The summed E-state index contributed by atoms with van der Waals surface area (Å²) in [6.45, 7) is 4.52. The number of nitrogens with zero attached hydrogens (tertiary/aromatic N) is 3. The lowest BCUT2D eigenvalue weighted by Crippen LogP contribution is -2.42. The fourth-order valence-electron chi connectivity index (χ4n) is 4.84. The Morgan fingerprint density at radius 1 is 1.11 bits per heavy atom. The molecule has 10 heteroatoms. The number of ether oxygens (including phenoxy) is 1. The number of hydrogen-bond acceptors (Lipinski definition) is 4. The van der Waals surface area contributed by atoms with Crippen molar-refractivity contribution < 1.29 is 18.3 Å². The van der Waals surface area contributed by atoms with Crippen LogP contribution >= 0.6 is 0 Å². The first-order valence-corrected chi connectivity index (χ1v) is 11.9. The van der Waals surface area contributed by atoms with E-state index in [0.717, 1.165) is 6.07 Å². The van der Waals surface area contributed by atoms with E-state index in [1.54, 1.807) is 29.6 Å². The summed E-state index contributed by atoms with van der Waals surface area (Å²) in [5.74, 6) is -1.70. The van der Waals surface area contributed by atoms with Crippen molar-refractivity contribution in [3.63, 3.8) is 0 Å². The van der Waals surface area contributed by atoms with Crippen LogP contribution in [0.2, 0.25) is 0 Å². The van der Waals surface area contributed by atoms with Crippen LogP contribution in [0, 0.1) is 11.6 Å². The van der Waals surface area contributed by atoms with Crippen molar-refractivity contribution in [2.45, 2.75) is 25.4 Å². The summed E-state index contributed by atoms with van der Waals surface area (Å²) >= 11 is 0. The molecule has 2 heterocycles. The van der Waals surface area contributed by atoms with Crippen LogP contribution in [0.5, 0.6) is 0 Å². The molecule has 0 radical (unpaired) electrons. The molecule has 2 aromatic carbocycles. The van der Waals surface area contributed by atoms with Gasteiger partial charge in [-0.25, -0.2) is 18.3 Å². The molecular weight excluding hydrogens is 468 g/mol. The van der Waals surface area contributed by atoms with Gasteiger partial charge in [0.2, 0.25) is 0 Å². The van der Waals surface area contributed by atoms with Crippen molar-refractivity contribution in [3.8, 4) is 11.1 Å². The summed E-state index contributed by atoms with van der Waals surface area (Å²) in [7, 11) is 3.34. The molecule has 0 spiro atoms. The van der Waals surface area contributed by atoms with Crippen LogP contribution in [0.3, 0.4) is 0 Å². The molecule has 1 aliphatic rings. The van der Waals surface area contributed by atoms with E-state index >= 15 is 0 Å². The third-order valence-corrected chi connectivity index (χ3v) is 6.66. The van der Waals surface area contributed by atoms with Crippen LogP contribution in [-0.2, 0) is 18.3 Å². The normalized spacial score (nSPS) is 17.9. The largest absolute Gasteiger partial charge is 0.383 e. The van der Waals surface area contributed by atoms with Crippen molar-refractivity contribution in [2.75, 3.05) is 38.7 Å². The van der Waals surface area contributed by atoms with E-state index < -0.39 is 17.7 Å². The molecule has 3 aromatic rings. The third kappa shape index (κ3) is 5.19. The van der Waals surface area contributed by atoms with E-state index in [2.05, 4.69) is 15.5 Å². The number of halogens is 2. The maximum Gasteiger partial charge on any atom is 0.320 e. The molecule has 2 atom stereocenters. The predicted octanol–water partition coefficient (Wildman–Crippen LogP) is 3.39. The second-order valence-corrected chi connectivity index (χ2v) is 8.87. The highest BCUT2D eigenvalue weighted by atomic mass is 19.2. The van der Waals surface area contributed by atoms with Gasteiger partial charge in [-0.15, -0.1) is 0 Å². The summed E-state index contributed by atoms with van der Waals surface area (Å²) in [6, 6.07) is 12.2. The molecule has 36 heavy (non-hydrogen) atoms. The first-order valence-electron chi connectivity index (χ1n) is 11.9. The Morgan fingerprint density at radius 3 is 2.53 bits per heavy atom. The van der Waals surface area contributed by atoms with E-state index in [1.165, 1.54) is 6.07 Å². The predicted molar refractivity (Wildman–Crippen MR) is 134 cm³/mol. The van der Waals surface area contributed by atoms with E-state index in [1.807, 2.05) is 37.3 Å². The summed E-state index contributed by atoms with van der Waals surface area (Å²) in [5.41, 5.74) is 1.51. The zero-order chi connectivity index (χ0) is 25.8. The highest BCUT2D eigenvalue weighted by Gasteiger charge is 2.35. The molecule has 2 N–H and O–H groups in total. The Balaban J connectivity index is 1.59. The Bertz CT molecular complexity index is 1270. The van der Waals surface area contributed by atoms with Crippen molar-refractivity contribution >= 4 is 11.8 Å². The minimum Gasteiger partial charge on any atom is -0.383 e. The molecule has 1 saturated heterocycles. The molecule has 8 nitrogen and oxygen atoms in total. The fourth-order valence-corrected chi connectivity index (χ4v) is 4.84. The first-order chi connectivity index (χ1) is 17.3. The molecule has 1 aliphatic heterocycles. The maximum absolute atomic E-state index is 14.0. The lowest BCUT2D eigenvalue weighted by atomic mass is 9.94. The van der Waals surface area contributed by atoms with Gasteiger partial charge < -0.3 is 10.1 Å². The van der Waals surface area contributed by atoms with Gasteiger partial charge in [-0.1, -0.05) is 36.4 Å². The number of nitrogens with one attached hydrogen (secondary N) is 2. The van der Waals surface area contributed by atoms with Crippen LogP contribution in [0.25, 0.3) is 11.1 Å². The van der Waals surface area contributed by atoms with Gasteiger partial charge in [0.25, 0.3) is 5.56 Å². The molecule has 0 saturated carbocycles. The standard InChI is InChI=1S/C26H31F2N5O3/c1-4-33-25(34)23(17-8-6-5-7-9-17)24(31(33)2)30-26(35)29-22-16-32(12-13-36-3)15-19(22)18-10-11-20(27)21(28)14-18/h5-11,14,19,22H,4,12-13,15-16H2,1-3H3,(H2,29,30,35)/t19-,22+/m0/s1. The van der Waals surface area contributed by atoms with E-state index in [0.29, 0.717) is 55.3 Å². The van der Waals surface area contributed by atoms with Crippen molar-refractivity contribution in [1.29, 1.82) is 0 Å². The quantitative estimate of drug-likeness (QED) is 0.498. The van der Waals surface area contributed by atoms with Crippen LogP contribution in [0.1, 0.15) is 18.4 Å². The Hall–Kier alpha value is -3.50. The smallest absolute Gasteiger partial charge is 0.320 e. The number of carbonyl (C=O) groups is 1. The number of benzene rings is 2. The van der Waals surface area contributed by atoms with Gasteiger partial charge in [-0.2, -0.15) is 0 Å². The molecule has 192 valence electrons. The third-order valence-electron chi connectivity index (χ3n) is 6.66. The topological polar surface area (TPSA) is 80.5 Å². The van der Waals surface area contributed by atoms with Crippen molar-refractivity contribution in [1.82, 2.24) is 19.6 Å². The van der Waals surface area contributed by atoms with Crippen LogP contribution in [0.15, 0.2) is 53.3 Å². The lowest BCUT2D eigenvalue weighted by molar-refractivity contribution is 0.159. The second-order valence-electron chi connectivity index (χ2n) is 8.87. The average Bonchev–Trinajstić information content (AvgIpc) is 3.37. The monoisotopic (exact) mass is 499 g/mol. The highest BCUT2D eigenvalue weighted by molar-refractivity contribution is 5.93. The first kappa shape index (κ1) is 25.6. The number of anilines is 1. The molecular formula is C26H31F2N5O3. The molecule has 4 rings (SSSR count). The number of carbonyl (C=O) groups excluding carboxylic acids is 1. The van der Waals surface area contributed by atoms with Crippen molar-refractivity contribution in [2.24, 2.45) is 7.05 Å². The number of amides is 2. The van der Waals surface area contributed by atoms with Gasteiger partial charge in [0.05, 0.1) is 18.2 Å². The average molecular weight is 500 g/mol. The van der Waals surface area contributed by atoms with Gasteiger partial charge in [0.1, 0.15) is 5.82 Å². The Kier molecular flexibility index (Phi) is 7.85. The van der Waals surface area contributed by atoms with Gasteiger partial charge in [-0.3, -0.25) is 19.7 Å². The van der Waals surface area contributed by atoms with Gasteiger partial charge in [-0.05, 0) is 30.2 Å². The fraction of sp³-hybridized carbons (Fsp3) is 0.385. The van der Waals surface area contributed by atoms with Crippen LogP contribution < -0.4 is 16.2 Å². The van der Waals surface area contributed by atoms with Crippen molar-refractivity contribution in [3.05, 3.63) is 76.1 Å². The van der Waals surface area contributed by atoms with E-state index in [9.17, 15) is 18.4 Å². The molecule has 1 fully saturated rings. The number of rotatable bonds is 8.